The standard InChI is InChI=1S/C12H22N2O/c1-9-2-4-10(5-3-9)6-14-12(15)11-7-13-8-11/h9-11,13H,2-8H2,1H3,(H,14,15). The maximum atomic E-state index is 11.6. The monoisotopic (exact) mass is 210 g/mol. The van der Waals surface area contributed by atoms with Crippen LogP contribution >= 0.6 is 0 Å². The molecule has 0 atom stereocenters. The lowest BCUT2D eigenvalue weighted by Gasteiger charge is -2.29. The van der Waals surface area contributed by atoms with Gasteiger partial charge < -0.3 is 10.6 Å². The molecule has 15 heavy (non-hydrogen) atoms. The SMILES string of the molecule is CC1CCC(CNC(=O)C2CNC2)CC1. The number of hydrogen-bond acceptors (Lipinski definition) is 2. The fraction of sp³-hybridized carbons (Fsp3) is 0.917. The van der Waals surface area contributed by atoms with Crippen molar-refractivity contribution in [1.82, 2.24) is 10.6 Å². The quantitative estimate of drug-likeness (QED) is 0.733. The molecule has 0 aromatic heterocycles. The highest BCUT2D eigenvalue weighted by molar-refractivity contribution is 5.79. The Morgan fingerprint density at radius 1 is 1.27 bits per heavy atom. The molecule has 1 heterocycles. The minimum absolute atomic E-state index is 0.243. The zero-order valence-electron chi connectivity index (χ0n) is 9.59. The van der Waals surface area contributed by atoms with Crippen LogP contribution in [0.2, 0.25) is 0 Å². The Hall–Kier alpha value is -0.570. The lowest BCUT2D eigenvalue weighted by Crippen LogP contribution is -2.51. The first-order chi connectivity index (χ1) is 7.25. The van der Waals surface area contributed by atoms with Gasteiger partial charge in [0.15, 0.2) is 0 Å². The first kappa shape index (κ1) is 10.9. The predicted molar refractivity (Wildman–Crippen MR) is 60.5 cm³/mol. The van der Waals surface area contributed by atoms with Crippen molar-refractivity contribution in [2.45, 2.75) is 32.6 Å². The van der Waals surface area contributed by atoms with Crippen molar-refractivity contribution >= 4 is 5.91 Å². The Kier molecular flexibility index (Phi) is 3.62. The van der Waals surface area contributed by atoms with Gasteiger partial charge in [-0.05, 0) is 24.7 Å². The lowest BCUT2D eigenvalue weighted by atomic mass is 9.83. The van der Waals surface area contributed by atoms with Crippen LogP contribution in [0.1, 0.15) is 32.6 Å². The Morgan fingerprint density at radius 2 is 1.93 bits per heavy atom. The van der Waals surface area contributed by atoms with Crippen LogP contribution in [0, 0.1) is 17.8 Å². The molecule has 2 rings (SSSR count). The molecule has 0 radical (unpaired) electrons. The summed E-state index contributed by atoms with van der Waals surface area (Å²) in [7, 11) is 0. The molecule has 0 spiro atoms. The molecule has 2 aliphatic rings. The van der Waals surface area contributed by atoms with Crippen LogP contribution in [0.15, 0.2) is 0 Å². The van der Waals surface area contributed by atoms with Crippen LogP contribution in [0.4, 0.5) is 0 Å². The molecule has 1 amide bonds. The van der Waals surface area contributed by atoms with Crippen molar-refractivity contribution < 1.29 is 4.79 Å². The summed E-state index contributed by atoms with van der Waals surface area (Å²) in [5.41, 5.74) is 0. The van der Waals surface area contributed by atoms with E-state index in [9.17, 15) is 4.79 Å². The maximum Gasteiger partial charge on any atom is 0.225 e. The van der Waals surface area contributed by atoms with Crippen molar-refractivity contribution in [3.05, 3.63) is 0 Å². The number of carbonyl (C=O) groups is 1. The van der Waals surface area contributed by atoms with Crippen LogP contribution < -0.4 is 10.6 Å². The van der Waals surface area contributed by atoms with Crippen molar-refractivity contribution in [2.75, 3.05) is 19.6 Å². The fourth-order valence-electron chi connectivity index (χ4n) is 2.40. The van der Waals surface area contributed by atoms with Gasteiger partial charge in [-0.3, -0.25) is 4.79 Å². The van der Waals surface area contributed by atoms with Crippen LogP contribution in [0.25, 0.3) is 0 Å². The molecule has 1 aliphatic heterocycles. The highest BCUT2D eigenvalue weighted by atomic mass is 16.2. The number of hydrogen-bond donors (Lipinski definition) is 2. The summed E-state index contributed by atoms with van der Waals surface area (Å²) in [6, 6.07) is 0. The molecule has 1 saturated carbocycles. The normalized spacial score (nSPS) is 32.1. The molecule has 0 unspecified atom stereocenters. The maximum absolute atomic E-state index is 11.6. The van der Waals surface area contributed by atoms with Crippen molar-refractivity contribution in [2.24, 2.45) is 17.8 Å². The van der Waals surface area contributed by atoms with Gasteiger partial charge in [-0.1, -0.05) is 19.8 Å². The zero-order chi connectivity index (χ0) is 10.7. The summed E-state index contributed by atoms with van der Waals surface area (Å²) in [6.45, 7) is 4.97. The summed E-state index contributed by atoms with van der Waals surface area (Å²) in [6.07, 6.45) is 5.27. The van der Waals surface area contributed by atoms with Crippen LogP contribution in [0.3, 0.4) is 0 Å². The number of rotatable bonds is 3. The molecule has 0 aromatic carbocycles. The van der Waals surface area contributed by atoms with E-state index in [1.54, 1.807) is 0 Å². The molecule has 2 N–H and O–H groups in total. The molecular weight excluding hydrogens is 188 g/mol. The average molecular weight is 210 g/mol. The van der Waals surface area contributed by atoms with E-state index in [1.807, 2.05) is 0 Å². The Balaban J connectivity index is 1.62. The van der Waals surface area contributed by atoms with E-state index in [-0.39, 0.29) is 11.8 Å². The van der Waals surface area contributed by atoms with E-state index < -0.39 is 0 Å². The number of carbonyl (C=O) groups excluding carboxylic acids is 1. The smallest absolute Gasteiger partial charge is 0.225 e. The number of nitrogens with one attached hydrogen (secondary N) is 2. The van der Waals surface area contributed by atoms with Gasteiger partial charge in [-0.25, -0.2) is 0 Å². The Morgan fingerprint density at radius 3 is 2.47 bits per heavy atom. The highest BCUT2D eigenvalue weighted by Crippen LogP contribution is 2.27. The van der Waals surface area contributed by atoms with E-state index in [0.717, 1.165) is 31.5 Å². The fourth-order valence-corrected chi connectivity index (χ4v) is 2.40. The van der Waals surface area contributed by atoms with Crippen molar-refractivity contribution in [3.8, 4) is 0 Å². The van der Waals surface area contributed by atoms with E-state index in [0.29, 0.717) is 0 Å². The minimum Gasteiger partial charge on any atom is -0.356 e. The first-order valence-corrected chi connectivity index (χ1v) is 6.24. The molecule has 0 bridgehead atoms. The van der Waals surface area contributed by atoms with Crippen LogP contribution in [-0.4, -0.2) is 25.5 Å². The van der Waals surface area contributed by atoms with Crippen LogP contribution in [0.5, 0.6) is 0 Å². The van der Waals surface area contributed by atoms with Crippen molar-refractivity contribution in [3.63, 3.8) is 0 Å². The molecule has 3 nitrogen and oxygen atoms in total. The van der Waals surface area contributed by atoms with Gasteiger partial charge in [0.2, 0.25) is 5.91 Å². The van der Waals surface area contributed by atoms with Gasteiger partial charge in [0, 0.05) is 19.6 Å². The highest BCUT2D eigenvalue weighted by Gasteiger charge is 2.25. The van der Waals surface area contributed by atoms with Crippen molar-refractivity contribution in [1.29, 1.82) is 0 Å². The van der Waals surface area contributed by atoms with Crippen LogP contribution in [-0.2, 0) is 4.79 Å². The molecule has 86 valence electrons. The topological polar surface area (TPSA) is 41.1 Å². The largest absolute Gasteiger partial charge is 0.356 e. The predicted octanol–water partition coefficient (Wildman–Crippen LogP) is 1.15. The first-order valence-electron chi connectivity index (χ1n) is 6.24. The Labute approximate surface area is 92.0 Å². The summed E-state index contributed by atoms with van der Waals surface area (Å²) >= 11 is 0. The average Bonchev–Trinajstić information content (AvgIpc) is 2.14. The van der Waals surface area contributed by atoms with Gasteiger partial charge in [-0.15, -0.1) is 0 Å². The van der Waals surface area contributed by atoms with Gasteiger partial charge >= 0.3 is 0 Å². The Bertz CT molecular complexity index is 218. The molecule has 1 saturated heterocycles. The van der Waals surface area contributed by atoms with Gasteiger partial charge in [0.1, 0.15) is 0 Å². The lowest BCUT2D eigenvalue weighted by molar-refractivity contribution is -0.126. The third kappa shape index (κ3) is 2.94. The van der Waals surface area contributed by atoms with E-state index in [2.05, 4.69) is 17.6 Å². The summed E-state index contributed by atoms with van der Waals surface area (Å²) in [4.78, 5) is 11.6. The van der Waals surface area contributed by atoms with E-state index in [4.69, 9.17) is 0 Å². The minimum atomic E-state index is 0.243. The summed E-state index contributed by atoms with van der Waals surface area (Å²) < 4.78 is 0. The second-order valence-electron chi connectivity index (χ2n) is 5.23. The van der Waals surface area contributed by atoms with Gasteiger partial charge in [0.25, 0.3) is 0 Å². The second kappa shape index (κ2) is 4.97. The zero-order valence-corrected chi connectivity index (χ0v) is 9.59. The third-order valence-corrected chi connectivity index (χ3v) is 3.85. The van der Waals surface area contributed by atoms with E-state index >= 15 is 0 Å². The third-order valence-electron chi connectivity index (χ3n) is 3.85. The molecule has 0 aromatic rings. The second-order valence-corrected chi connectivity index (χ2v) is 5.23. The van der Waals surface area contributed by atoms with Gasteiger partial charge in [-0.2, -0.15) is 0 Å². The molecule has 3 heteroatoms. The van der Waals surface area contributed by atoms with E-state index in [1.165, 1.54) is 25.7 Å². The molecule has 1 aliphatic carbocycles. The summed E-state index contributed by atoms with van der Waals surface area (Å²) in [5.74, 6) is 2.13. The van der Waals surface area contributed by atoms with Gasteiger partial charge in [0.05, 0.1) is 5.92 Å². The summed E-state index contributed by atoms with van der Waals surface area (Å²) in [5, 5.41) is 6.22. The molecular formula is C12H22N2O. The number of amides is 1. The molecule has 2 fully saturated rings.